The molecular formula is C38H34N4O4. The number of aromatic nitrogens is 2. The highest BCUT2D eigenvalue weighted by atomic mass is 16.5. The summed E-state index contributed by atoms with van der Waals surface area (Å²) in [5.41, 5.74) is 5.75. The molecule has 0 unspecified atom stereocenters. The molecule has 2 aromatic heterocycles. The van der Waals surface area contributed by atoms with Crippen LogP contribution in [0.5, 0.6) is 11.5 Å². The summed E-state index contributed by atoms with van der Waals surface area (Å²) in [5, 5.41) is 7.67. The maximum absolute atomic E-state index is 13.4. The lowest BCUT2D eigenvalue weighted by atomic mass is 10.0. The first kappa shape index (κ1) is 30.3. The quantitative estimate of drug-likeness (QED) is 0.152. The number of hydrogen-bond donors (Lipinski definition) is 2. The van der Waals surface area contributed by atoms with Gasteiger partial charge in [-0.1, -0.05) is 60.7 Å². The van der Waals surface area contributed by atoms with Gasteiger partial charge < -0.3 is 20.1 Å². The Labute approximate surface area is 267 Å². The second-order valence-electron chi connectivity index (χ2n) is 10.8. The van der Waals surface area contributed by atoms with E-state index >= 15 is 0 Å². The molecule has 6 rings (SSSR count). The fourth-order valence-corrected chi connectivity index (χ4v) is 5.43. The molecule has 2 N–H and O–H groups in total. The van der Waals surface area contributed by atoms with Gasteiger partial charge in [-0.25, -0.2) is 9.97 Å². The van der Waals surface area contributed by atoms with E-state index < -0.39 is 0 Å². The van der Waals surface area contributed by atoms with E-state index in [1.165, 1.54) is 0 Å². The molecule has 0 aliphatic rings. The van der Waals surface area contributed by atoms with Crippen molar-refractivity contribution in [3.05, 3.63) is 120 Å². The van der Waals surface area contributed by atoms with E-state index in [-0.39, 0.29) is 11.8 Å². The molecule has 0 aliphatic carbocycles. The fourth-order valence-electron chi connectivity index (χ4n) is 5.43. The number of amides is 2. The summed E-state index contributed by atoms with van der Waals surface area (Å²) in [7, 11) is 3.25. The Kier molecular flexibility index (Phi) is 9.15. The molecule has 0 atom stereocenters. The van der Waals surface area contributed by atoms with Crippen molar-refractivity contribution < 1.29 is 19.1 Å². The van der Waals surface area contributed by atoms with Crippen LogP contribution in [0.3, 0.4) is 0 Å². The van der Waals surface area contributed by atoms with Gasteiger partial charge in [0.1, 0.15) is 11.5 Å². The van der Waals surface area contributed by atoms with Crippen LogP contribution in [-0.2, 0) is 0 Å². The lowest BCUT2D eigenvalue weighted by Crippen LogP contribution is -2.27. The largest absolute Gasteiger partial charge is 0.497 e. The normalized spacial score (nSPS) is 10.9. The highest BCUT2D eigenvalue weighted by Crippen LogP contribution is 2.29. The molecule has 0 saturated carbocycles. The predicted molar refractivity (Wildman–Crippen MR) is 181 cm³/mol. The Morgan fingerprint density at radius 2 is 1.00 bits per heavy atom. The lowest BCUT2D eigenvalue weighted by molar-refractivity contribution is 0.0941. The number of benzene rings is 4. The third kappa shape index (κ3) is 6.66. The van der Waals surface area contributed by atoms with Crippen molar-refractivity contribution in [3.63, 3.8) is 0 Å². The molecule has 0 fully saturated rings. The van der Waals surface area contributed by atoms with Crippen LogP contribution in [0.4, 0.5) is 0 Å². The van der Waals surface area contributed by atoms with E-state index in [9.17, 15) is 9.59 Å². The fraction of sp³-hybridized carbons (Fsp3) is 0.158. The summed E-state index contributed by atoms with van der Waals surface area (Å²) in [6, 6.07) is 34.2. The van der Waals surface area contributed by atoms with Crippen molar-refractivity contribution in [3.8, 4) is 34.0 Å². The number of nitrogens with one attached hydrogen (secondary N) is 2. The number of methoxy groups -OCH3 is 2. The van der Waals surface area contributed by atoms with E-state index in [0.717, 1.165) is 44.4 Å². The first-order valence-corrected chi connectivity index (χ1v) is 15.2. The molecular weight excluding hydrogens is 576 g/mol. The molecule has 8 nitrogen and oxygen atoms in total. The summed E-state index contributed by atoms with van der Waals surface area (Å²) in [6.45, 7) is 0.941. The van der Waals surface area contributed by atoms with Crippen LogP contribution in [-0.4, -0.2) is 49.1 Å². The zero-order valence-electron chi connectivity index (χ0n) is 25.7. The van der Waals surface area contributed by atoms with E-state index in [4.69, 9.17) is 19.4 Å². The van der Waals surface area contributed by atoms with E-state index in [2.05, 4.69) is 10.6 Å². The molecule has 0 saturated heterocycles. The summed E-state index contributed by atoms with van der Waals surface area (Å²) >= 11 is 0. The third-order valence-corrected chi connectivity index (χ3v) is 7.83. The number of para-hydroxylation sites is 2. The van der Waals surface area contributed by atoms with Crippen molar-refractivity contribution in [2.45, 2.75) is 12.8 Å². The number of carbonyl (C=O) groups excluding carboxylic acids is 2. The van der Waals surface area contributed by atoms with Gasteiger partial charge in [0.25, 0.3) is 11.8 Å². The highest BCUT2D eigenvalue weighted by Gasteiger charge is 2.16. The summed E-state index contributed by atoms with van der Waals surface area (Å²) in [6.07, 6.45) is 1.40. The number of unbranched alkanes of at least 4 members (excludes halogenated alkanes) is 1. The van der Waals surface area contributed by atoms with Crippen LogP contribution in [0.25, 0.3) is 44.3 Å². The zero-order chi connectivity index (χ0) is 31.9. The standard InChI is InChI=1S/C38H34N4O4/c1-45-27-13-9-11-25(21-27)35-23-31(29-15-3-5-17-33(29)41-35)37(43)39-19-7-8-20-40-38(44)32-24-36(26-12-10-14-28(22-26)46-2)42-34-18-6-4-16-30(32)34/h3-6,9-18,21-24H,7-8,19-20H2,1-2H3,(H,39,43)(H,40,44). The van der Waals surface area contributed by atoms with Crippen LogP contribution in [0.1, 0.15) is 33.6 Å². The third-order valence-electron chi connectivity index (χ3n) is 7.83. The average Bonchev–Trinajstić information content (AvgIpc) is 3.11. The molecule has 2 amide bonds. The van der Waals surface area contributed by atoms with Gasteiger partial charge in [0.05, 0.1) is 47.8 Å². The van der Waals surface area contributed by atoms with Crippen molar-refractivity contribution in [1.29, 1.82) is 0 Å². The molecule has 0 bridgehead atoms. The molecule has 2 heterocycles. The van der Waals surface area contributed by atoms with Crippen LogP contribution in [0.15, 0.2) is 109 Å². The Hall–Kier alpha value is -5.76. The average molecular weight is 611 g/mol. The van der Waals surface area contributed by atoms with Gasteiger partial charge in [-0.05, 0) is 61.4 Å². The lowest BCUT2D eigenvalue weighted by Gasteiger charge is -2.12. The zero-order valence-corrected chi connectivity index (χ0v) is 25.7. The van der Waals surface area contributed by atoms with Gasteiger partial charge in [-0.15, -0.1) is 0 Å². The van der Waals surface area contributed by atoms with Gasteiger partial charge in [-0.2, -0.15) is 0 Å². The summed E-state index contributed by atoms with van der Waals surface area (Å²) in [4.78, 5) is 36.3. The monoisotopic (exact) mass is 610 g/mol. The number of carbonyl (C=O) groups is 2. The number of nitrogens with zero attached hydrogens (tertiary/aromatic N) is 2. The SMILES string of the molecule is COc1cccc(-c2cc(C(=O)NCCCCNC(=O)c3cc(-c4cccc(OC)c4)nc4ccccc34)c3ccccc3n2)c1. The Balaban J connectivity index is 1.09. The smallest absolute Gasteiger partial charge is 0.252 e. The number of hydrogen-bond acceptors (Lipinski definition) is 6. The number of rotatable bonds is 11. The number of fused-ring (bicyclic) bond motifs is 2. The molecule has 230 valence electrons. The minimum Gasteiger partial charge on any atom is -0.497 e. The molecule has 4 aromatic carbocycles. The minimum absolute atomic E-state index is 0.167. The molecule has 46 heavy (non-hydrogen) atoms. The molecule has 0 aliphatic heterocycles. The van der Waals surface area contributed by atoms with Crippen LogP contribution < -0.4 is 20.1 Å². The van der Waals surface area contributed by atoms with E-state index in [1.807, 2.05) is 109 Å². The summed E-state index contributed by atoms with van der Waals surface area (Å²) in [5.74, 6) is 1.11. The van der Waals surface area contributed by atoms with Crippen LogP contribution in [0, 0.1) is 0 Å². The first-order chi connectivity index (χ1) is 22.5. The second-order valence-corrected chi connectivity index (χ2v) is 10.8. The van der Waals surface area contributed by atoms with Gasteiger partial charge >= 0.3 is 0 Å². The highest BCUT2D eigenvalue weighted by molar-refractivity contribution is 6.08. The molecule has 6 aromatic rings. The second kappa shape index (κ2) is 13.9. The number of ether oxygens (including phenoxy) is 2. The number of pyridine rings is 2. The van der Waals surface area contributed by atoms with Gasteiger partial charge in [0.15, 0.2) is 0 Å². The summed E-state index contributed by atoms with van der Waals surface area (Å²) < 4.78 is 10.8. The van der Waals surface area contributed by atoms with E-state index in [1.54, 1.807) is 14.2 Å². The maximum Gasteiger partial charge on any atom is 0.252 e. The minimum atomic E-state index is -0.167. The van der Waals surface area contributed by atoms with Crippen molar-refractivity contribution in [1.82, 2.24) is 20.6 Å². The van der Waals surface area contributed by atoms with Gasteiger partial charge in [0, 0.05) is 35.0 Å². The van der Waals surface area contributed by atoms with Gasteiger partial charge in [0.2, 0.25) is 0 Å². The Morgan fingerprint density at radius 1 is 0.565 bits per heavy atom. The first-order valence-electron chi connectivity index (χ1n) is 15.2. The van der Waals surface area contributed by atoms with Crippen molar-refractivity contribution >= 4 is 33.6 Å². The van der Waals surface area contributed by atoms with Crippen molar-refractivity contribution in [2.24, 2.45) is 0 Å². The Morgan fingerprint density at radius 3 is 1.43 bits per heavy atom. The molecule has 8 heteroatoms. The van der Waals surface area contributed by atoms with Gasteiger partial charge in [-0.3, -0.25) is 9.59 Å². The molecule has 0 spiro atoms. The Bertz CT molecular complexity index is 1900. The van der Waals surface area contributed by atoms with Crippen LogP contribution >= 0.6 is 0 Å². The van der Waals surface area contributed by atoms with Crippen molar-refractivity contribution in [2.75, 3.05) is 27.3 Å². The van der Waals surface area contributed by atoms with Crippen LogP contribution in [0.2, 0.25) is 0 Å². The molecule has 0 radical (unpaired) electrons. The predicted octanol–water partition coefficient (Wildman–Crippen LogP) is 7.07. The topological polar surface area (TPSA) is 102 Å². The maximum atomic E-state index is 13.4. The van der Waals surface area contributed by atoms with E-state index in [0.29, 0.717) is 48.4 Å².